The van der Waals surface area contributed by atoms with Gasteiger partial charge in [-0.05, 0) is 19.1 Å². The maximum atomic E-state index is 12.9. The van der Waals surface area contributed by atoms with E-state index in [1.165, 1.54) is 26.9 Å². The lowest BCUT2D eigenvalue weighted by Crippen LogP contribution is -2.19. The van der Waals surface area contributed by atoms with Gasteiger partial charge in [0.2, 0.25) is 5.75 Å². The summed E-state index contributed by atoms with van der Waals surface area (Å²) in [6.45, 7) is 2.05. The third-order valence-corrected chi connectivity index (χ3v) is 5.30. The number of aliphatic imine (C=N–C) groups is 1. The molecule has 1 heterocycles. The van der Waals surface area contributed by atoms with Crippen molar-refractivity contribution in [3.8, 4) is 17.2 Å². The lowest BCUT2D eigenvalue weighted by Gasteiger charge is -2.14. The van der Waals surface area contributed by atoms with Gasteiger partial charge in [-0.1, -0.05) is 29.8 Å². The highest BCUT2D eigenvalue weighted by atomic mass is 32.2. The molecular weight excluding hydrogens is 350 g/mol. The second kappa shape index (κ2) is 7.83. The van der Waals surface area contributed by atoms with Crippen LogP contribution < -0.4 is 14.2 Å². The van der Waals surface area contributed by atoms with Crippen LogP contribution >= 0.6 is 11.8 Å². The Kier molecular flexibility index (Phi) is 5.52. The summed E-state index contributed by atoms with van der Waals surface area (Å²) in [6, 6.07) is 11.1. The Bertz CT molecular complexity index is 820. The van der Waals surface area contributed by atoms with E-state index in [0.29, 0.717) is 28.6 Å². The molecule has 136 valence electrons. The van der Waals surface area contributed by atoms with E-state index < -0.39 is 6.04 Å². The predicted octanol–water partition coefficient (Wildman–Crippen LogP) is 3.77. The molecule has 2 aromatic rings. The van der Waals surface area contributed by atoms with Gasteiger partial charge in [0, 0.05) is 16.9 Å². The van der Waals surface area contributed by atoms with E-state index >= 15 is 0 Å². The molecule has 26 heavy (non-hydrogen) atoms. The van der Waals surface area contributed by atoms with Gasteiger partial charge in [-0.25, -0.2) is 0 Å². The first-order chi connectivity index (χ1) is 12.6. The van der Waals surface area contributed by atoms with Gasteiger partial charge in [0.25, 0.3) is 0 Å². The fourth-order valence-corrected chi connectivity index (χ4v) is 3.82. The van der Waals surface area contributed by atoms with E-state index in [9.17, 15) is 4.79 Å². The van der Waals surface area contributed by atoms with Gasteiger partial charge in [-0.2, -0.15) is 0 Å². The van der Waals surface area contributed by atoms with Crippen molar-refractivity contribution in [1.82, 2.24) is 0 Å². The number of aryl methyl sites for hydroxylation is 1. The normalized spacial score (nSPS) is 16.2. The van der Waals surface area contributed by atoms with Gasteiger partial charge < -0.3 is 14.2 Å². The zero-order chi connectivity index (χ0) is 18.7. The van der Waals surface area contributed by atoms with E-state index in [1.807, 2.05) is 31.2 Å². The van der Waals surface area contributed by atoms with Crippen molar-refractivity contribution in [2.75, 3.05) is 27.1 Å². The monoisotopic (exact) mass is 371 g/mol. The van der Waals surface area contributed by atoms with Crippen molar-refractivity contribution in [2.45, 2.75) is 13.0 Å². The number of methoxy groups -OCH3 is 3. The molecule has 0 saturated carbocycles. The molecule has 1 unspecified atom stereocenters. The van der Waals surface area contributed by atoms with Crippen molar-refractivity contribution in [2.24, 2.45) is 4.99 Å². The molecule has 0 N–H and O–H groups in total. The third-order valence-electron chi connectivity index (χ3n) is 4.20. The van der Waals surface area contributed by atoms with Crippen LogP contribution in [0.5, 0.6) is 17.2 Å². The Hall–Kier alpha value is -2.47. The number of hydrogen-bond donors (Lipinski definition) is 0. The van der Waals surface area contributed by atoms with Gasteiger partial charge in [0.1, 0.15) is 6.04 Å². The summed E-state index contributed by atoms with van der Waals surface area (Å²) in [7, 11) is 4.60. The quantitative estimate of drug-likeness (QED) is 0.724. The van der Waals surface area contributed by atoms with Crippen LogP contribution in [-0.4, -0.2) is 44.0 Å². The summed E-state index contributed by atoms with van der Waals surface area (Å²) in [5, 5.41) is 0.899. The van der Waals surface area contributed by atoms with Gasteiger partial charge in [-0.15, -0.1) is 11.8 Å². The molecule has 6 heteroatoms. The van der Waals surface area contributed by atoms with Crippen LogP contribution in [0.25, 0.3) is 0 Å². The summed E-state index contributed by atoms with van der Waals surface area (Å²) >= 11 is 1.60. The lowest BCUT2D eigenvalue weighted by atomic mass is 10.0. The predicted molar refractivity (Wildman–Crippen MR) is 104 cm³/mol. The summed E-state index contributed by atoms with van der Waals surface area (Å²) in [4.78, 5) is 17.6. The van der Waals surface area contributed by atoms with E-state index in [1.54, 1.807) is 23.9 Å². The SMILES string of the molecule is COc1cc(C(=O)C2CSC(c3ccc(C)cc3)=N2)cc(OC)c1OC. The fourth-order valence-electron chi connectivity index (χ4n) is 2.78. The molecule has 0 amide bonds. The van der Waals surface area contributed by atoms with Crippen LogP contribution in [0, 0.1) is 6.92 Å². The minimum absolute atomic E-state index is 0.0566. The average Bonchev–Trinajstić information content (AvgIpc) is 3.16. The zero-order valence-corrected chi connectivity index (χ0v) is 16.1. The molecule has 1 aliphatic heterocycles. The zero-order valence-electron chi connectivity index (χ0n) is 15.2. The van der Waals surface area contributed by atoms with Gasteiger partial charge in [0.05, 0.1) is 26.4 Å². The minimum atomic E-state index is -0.417. The van der Waals surface area contributed by atoms with E-state index in [-0.39, 0.29) is 5.78 Å². The van der Waals surface area contributed by atoms with Crippen LogP contribution in [-0.2, 0) is 0 Å². The number of thioether (sulfide) groups is 1. The number of ether oxygens (including phenoxy) is 3. The molecule has 0 aromatic heterocycles. The summed E-state index contributed by atoms with van der Waals surface area (Å²) < 4.78 is 16.0. The first-order valence-corrected chi connectivity index (χ1v) is 9.17. The first kappa shape index (κ1) is 18.3. The van der Waals surface area contributed by atoms with Crippen molar-refractivity contribution in [1.29, 1.82) is 0 Å². The molecular formula is C20H21NO4S. The van der Waals surface area contributed by atoms with Crippen LogP contribution in [0.3, 0.4) is 0 Å². The van der Waals surface area contributed by atoms with Crippen molar-refractivity contribution in [3.63, 3.8) is 0 Å². The minimum Gasteiger partial charge on any atom is -0.493 e. The largest absolute Gasteiger partial charge is 0.493 e. The van der Waals surface area contributed by atoms with E-state index in [0.717, 1.165) is 10.6 Å². The number of carbonyl (C=O) groups is 1. The van der Waals surface area contributed by atoms with Gasteiger partial charge in [-0.3, -0.25) is 9.79 Å². The maximum absolute atomic E-state index is 12.9. The number of Topliss-reactive ketones (excluding diaryl/α,β-unsaturated/α-hetero) is 1. The Morgan fingerprint density at radius 3 is 2.19 bits per heavy atom. The smallest absolute Gasteiger partial charge is 0.203 e. The molecule has 1 atom stereocenters. The molecule has 0 radical (unpaired) electrons. The topological polar surface area (TPSA) is 57.1 Å². The van der Waals surface area contributed by atoms with E-state index in [2.05, 4.69) is 4.99 Å². The summed E-state index contributed by atoms with van der Waals surface area (Å²) in [5.74, 6) is 1.96. The number of rotatable bonds is 6. The van der Waals surface area contributed by atoms with Crippen LogP contribution in [0.15, 0.2) is 41.4 Å². The highest BCUT2D eigenvalue weighted by Crippen LogP contribution is 2.39. The van der Waals surface area contributed by atoms with Crippen LogP contribution in [0.2, 0.25) is 0 Å². The number of ketones is 1. The molecule has 0 bridgehead atoms. The van der Waals surface area contributed by atoms with Crippen LogP contribution in [0.1, 0.15) is 21.5 Å². The Morgan fingerprint density at radius 2 is 1.65 bits per heavy atom. The summed E-state index contributed by atoms with van der Waals surface area (Å²) in [6.07, 6.45) is 0. The molecule has 0 spiro atoms. The standard InChI is InChI=1S/C20H21NO4S/c1-12-5-7-13(8-6-12)20-21-15(11-26-20)18(22)14-9-16(23-2)19(25-4)17(10-14)24-3/h5-10,15H,11H2,1-4H3. The Morgan fingerprint density at radius 1 is 1.04 bits per heavy atom. The molecule has 3 rings (SSSR count). The number of nitrogens with zero attached hydrogens (tertiary/aromatic N) is 1. The maximum Gasteiger partial charge on any atom is 0.203 e. The molecule has 5 nitrogen and oxygen atoms in total. The number of carbonyl (C=O) groups excluding carboxylic acids is 1. The van der Waals surface area contributed by atoms with E-state index in [4.69, 9.17) is 14.2 Å². The molecule has 2 aromatic carbocycles. The first-order valence-electron chi connectivity index (χ1n) is 8.19. The highest BCUT2D eigenvalue weighted by Gasteiger charge is 2.28. The fraction of sp³-hybridized carbons (Fsp3) is 0.300. The van der Waals surface area contributed by atoms with Crippen molar-refractivity contribution >= 4 is 22.6 Å². The average molecular weight is 371 g/mol. The number of benzene rings is 2. The Balaban J connectivity index is 1.89. The number of hydrogen-bond acceptors (Lipinski definition) is 6. The van der Waals surface area contributed by atoms with Crippen molar-refractivity contribution < 1.29 is 19.0 Å². The Labute approximate surface area is 157 Å². The van der Waals surface area contributed by atoms with Gasteiger partial charge in [0.15, 0.2) is 17.3 Å². The molecule has 1 aliphatic rings. The van der Waals surface area contributed by atoms with Crippen molar-refractivity contribution in [3.05, 3.63) is 53.1 Å². The molecule has 0 saturated heterocycles. The highest BCUT2D eigenvalue weighted by molar-refractivity contribution is 8.14. The van der Waals surface area contributed by atoms with Gasteiger partial charge >= 0.3 is 0 Å². The lowest BCUT2D eigenvalue weighted by molar-refractivity contribution is 0.0971. The molecule has 0 aliphatic carbocycles. The third kappa shape index (κ3) is 3.55. The second-order valence-electron chi connectivity index (χ2n) is 5.91. The summed E-state index contributed by atoms with van der Waals surface area (Å²) in [5.41, 5.74) is 2.74. The second-order valence-corrected chi connectivity index (χ2v) is 6.91. The molecule has 0 fully saturated rings. The van der Waals surface area contributed by atoms with Crippen LogP contribution in [0.4, 0.5) is 0 Å².